The third-order valence-corrected chi connectivity index (χ3v) is 5.60. The number of nitrogens with zero attached hydrogens (tertiary/aromatic N) is 5. The Morgan fingerprint density at radius 1 is 1.11 bits per heavy atom. The molecule has 4 rings (SSSR count). The van der Waals surface area contributed by atoms with E-state index in [1.165, 1.54) is 19.3 Å². The minimum Gasteiger partial charge on any atom is -0.342 e. The van der Waals surface area contributed by atoms with Gasteiger partial charge >= 0.3 is 0 Å². The lowest BCUT2D eigenvalue weighted by atomic mass is 10.0. The Kier molecular flexibility index (Phi) is 5.41. The van der Waals surface area contributed by atoms with Crippen LogP contribution in [-0.2, 0) is 4.79 Å². The Bertz CT molecular complexity index is 849. The molecule has 0 saturated carbocycles. The van der Waals surface area contributed by atoms with Gasteiger partial charge in [0.1, 0.15) is 11.6 Å². The van der Waals surface area contributed by atoms with Crippen LogP contribution in [-0.4, -0.2) is 51.9 Å². The zero-order valence-electron chi connectivity index (χ0n) is 16.7. The van der Waals surface area contributed by atoms with Gasteiger partial charge in [0.15, 0.2) is 0 Å². The van der Waals surface area contributed by atoms with Crippen LogP contribution < -0.4 is 10.2 Å². The topological polar surface area (TPSA) is 74.2 Å². The number of amides is 1. The van der Waals surface area contributed by atoms with E-state index in [1.54, 1.807) is 13.1 Å². The van der Waals surface area contributed by atoms with E-state index in [1.807, 2.05) is 30.0 Å². The number of nitrogens with one attached hydrogen (secondary N) is 1. The van der Waals surface area contributed by atoms with Crippen molar-refractivity contribution < 1.29 is 4.79 Å². The van der Waals surface area contributed by atoms with E-state index in [0.717, 1.165) is 61.4 Å². The molecule has 1 unspecified atom stereocenters. The highest BCUT2D eigenvalue weighted by Gasteiger charge is 2.28. The lowest BCUT2D eigenvalue weighted by Gasteiger charge is -2.27. The fraction of sp³-hybridized carbons (Fsp3) is 0.524. The van der Waals surface area contributed by atoms with Crippen molar-refractivity contribution in [3.63, 3.8) is 0 Å². The second-order valence-electron chi connectivity index (χ2n) is 7.82. The van der Waals surface area contributed by atoms with Crippen molar-refractivity contribution in [3.8, 4) is 0 Å². The van der Waals surface area contributed by atoms with Gasteiger partial charge < -0.3 is 15.1 Å². The fourth-order valence-corrected chi connectivity index (χ4v) is 3.98. The molecule has 2 aliphatic rings. The number of anilines is 3. The van der Waals surface area contributed by atoms with Gasteiger partial charge in [0.05, 0.1) is 5.69 Å². The Hall–Kier alpha value is -2.70. The molecule has 1 atom stereocenters. The maximum atomic E-state index is 11.7. The first-order chi connectivity index (χ1) is 13.6. The molecule has 2 aliphatic heterocycles. The number of likely N-dealkylation sites (tertiary alicyclic amines) is 1. The van der Waals surface area contributed by atoms with Crippen LogP contribution in [0.1, 0.15) is 49.8 Å². The maximum Gasteiger partial charge on any atom is 0.227 e. The van der Waals surface area contributed by atoms with E-state index >= 15 is 0 Å². The van der Waals surface area contributed by atoms with Crippen LogP contribution in [0.15, 0.2) is 24.4 Å². The minimum atomic E-state index is 0.134. The van der Waals surface area contributed by atoms with E-state index < -0.39 is 0 Å². The van der Waals surface area contributed by atoms with Crippen LogP contribution >= 0.6 is 0 Å². The second-order valence-corrected chi connectivity index (χ2v) is 7.82. The largest absolute Gasteiger partial charge is 0.342 e. The van der Waals surface area contributed by atoms with Crippen LogP contribution in [0.25, 0.3) is 0 Å². The van der Waals surface area contributed by atoms with Crippen molar-refractivity contribution in [3.05, 3.63) is 35.7 Å². The molecule has 0 spiro atoms. The van der Waals surface area contributed by atoms with Gasteiger partial charge in [-0.1, -0.05) is 0 Å². The molecule has 148 valence electrons. The lowest BCUT2D eigenvalue weighted by molar-refractivity contribution is -0.127. The zero-order valence-corrected chi connectivity index (χ0v) is 16.7. The molecule has 4 heterocycles. The molecule has 2 fully saturated rings. The molecule has 2 saturated heterocycles. The molecular formula is C21H28N6O. The van der Waals surface area contributed by atoms with Crippen molar-refractivity contribution in [1.82, 2.24) is 19.9 Å². The van der Waals surface area contributed by atoms with E-state index in [-0.39, 0.29) is 11.8 Å². The summed E-state index contributed by atoms with van der Waals surface area (Å²) in [6.45, 7) is 7.20. The molecule has 0 radical (unpaired) electrons. The van der Waals surface area contributed by atoms with Crippen molar-refractivity contribution in [2.24, 2.45) is 0 Å². The molecular weight excluding hydrogens is 352 g/mol. The van der Waals surface area contributed by atoms with Crippen LogP contribution in [0, 0.1) is 6.92 Å². The Morgan fingerprint density at radius 3 is 2.64 bits per heavy atom. The average molecular weight is 380 g/mol. The molecule has 2 aromatic rings. The Morgan fingerprint density at radius 2 is 1.93 bits per heavy atom. The number of hydrogen-bond acceptors (Lipinski definition) is 6. The summed E-state index contributed by atoms with van der Waals surface area (Å²) in [5, 5.41) is 3.35. The molecule has 7 nitrogen and oxygen atoms in total. The van der Waals surface area contributed by atoms with Crippen LogP contribution in [0.5, 0.6) is 0 Å². The monoisotopic (exact) mass is 380 g/mol. The second kappa shape index (κ2) is 8.12. The molecule has 0 aromatic carbocycles. The first-order valence-electron chi connectivity index (χ1n) is 10.2. The number of aromatic nitrogens is 3. The number of piperidine rings is 1. The smallest absolute Gasteiger partial charge is 0.227 e. The number of carbonyl (C=O) groups excluding carboxylic acids is 1. The summed E-state index contributed by atoms with van der Waals surface area (Å²) in [7, 11) is 0. The number of hydrogen-bond donors (Lipinski definition) is 1. The summed E-state index contributed by atoms with van der Waals surface area (Å²) in [4.78, 5) is 30.0. The van der Waals surface area contributed by atoms with E-state index in [9.17, 15) is 4.79 Å². The number of carbonyl (C=O) groups is 1. The highest BCUT2D eigenvalue weighted by atomic mass is 16.2. The number of rotatable bonds is 4. The molecule has 2 aromatic heterocycles. The lowest BCUT2D eigenvalue weighted by Crippen LogP contribution is -2.31. The average Bonchev–Trinajstić information content (AvgIpc) is 3.19. The first-order valence-corrected chi connectivity index (χ1v) is 10.2. The summed E-state index contributed by atoms with van der Waals surface area (Å²) < 4.78 is 0. The van der Waals surface area contributed by atoms with Gasteiger partial charge in [-0.25, -0.2) is 9.97 Å². The third kappa shape index (κ3) is 4.24. The predicted molar refractivity (Wildman–Crippen MR) is 110 cm³/mol. The van der Waals surface area contributed by atoms with Gasteiger partial charge in [0.25, 0.3) is 0 Å². The third-order valence-electron chi connectivity index (χ3n) is 5.60. The summed E-state index contributed by atoms with van der Waals surface area (Å²) in [5.41, 5.74) is 2.16. The van der Waals surface area contributed by atoms with Gasteiger partial charge in [-0.3, -0.25) is 4.79 Å². The molecule has 1 amide bonds. The Balaban J connectivity index is 1.63. The van der Waals surface area contributed by atoms with E-state index in [2.05, 4.69) is 15.2 Å². The summed E-state index contributed by atoms with van der Waals surface area (Å²) in [6, 6.07) is 6.01. The normalized spacial score (nSPS) is 19.7. The van der Waals surface area contributed by atoms with Crippen molar-refractivity contribution in [2.45, 2.75) is 45.4 Å². The van der Waals surface area contributed by atoms with Crippen LogP contribution in [0.4, 0.5) is 17.6 Å². The quantitative estimate of drug-likeness (QED) is 0.878. The van der Waals surface area contributed by atoms with Gasteiger partial charge in [-0.05, 0) is 50.3 Å². The Labute approximate surface area is 166 Å². The summed E-state index contributed by atoms with van der Waals surface area (Å²) >= 11 is 0. The molecule has 7 heteroatoms. The fourth-order valence-electron chi connectivity index (χ4n) is 3.98. The highest BCUT2D eigenvalue weighted by Crippen LogP contribution is 2.30. The van der Waals surface area contributed by atoms with Gasteiger partial charge in [0.2, 0.25) is 11.9 Å². The van der Waals surface area contributed by atoms with Gasteiger partial charge in [0, 0.05) is 51.3 Å². The number of pyridine rings is 1. The zero-order chi connectivity index (χ0) is 19.5. The highest BCUT2D eigenvalue weighted by molar-refractivity contribution is 5.73. The summed E-state index contributed by atoms with van der Waals surface area (Å²) in [5.74, 6) is 2.72. The van der Waals surface area contributed by atoms with Crippen molar-refractivity contribution in [1.29, 1.82) is 0 Å². The number of aryl methyl sites for hydroxylation is 1. The first kappa shape index (κ1) is 18.7. The van der Waals surface area contributed by atoms with Crippen LogP contribution in [0.2, 0.25) is 0 Å². The minimum absolute atomic E-state index is 0.134. The predicted octanol–water partition coefficient (Wildman–Crippen LogP) is 3.25. The van der Waals surface area contributed by atoms with E-state index in [4.69, 9.17) is 9.97 Å². The molecule has 0 bridgehead atoms. The van der Waals surface area contributed by atoms with Gasteiger partial charge in [-0.2, -0.15) is 4.98 Å². The molecule has 28 heavy (non-hydrogen) atoms. The molecule has 0 aliphatic carbocycles. The SMILES string of the molecule is CC(=O)N1CCC(c2cc(Nc3cc(C)ccn3)nc(N3CCCCC3)n2)C1. The summed E-state index contributed by atoms with van der Waals surface area (Å²) in [6.07, 6.45) is 6.37. The van der Waals surface area contributed by atoms with Crippen LogP contribution in [0.3, 0.4) is 0 Å². The van der Waals surface area contributed by atoms with Crippen molar-refractivity contribution in [2.75, 3.05) is 36.4 Å². The van der Waals surface area contributed by atoms with E-state index in [0.29, 0.717) is 0 Å². The maximum absolute atomic E-state index is 11.7. The van der Waals surface area contributed by atoms with Gasteiger partial charge in [-0.15, -0.1) is 0 Å². The molecule has 1 N–H and O–H groups in total. The van der Waals surface area contributed by atoms with Crippen molar-refractivity contribution >= 4 is 23.5 Å². The standard InChI is InChI=1S/C21H28N6O/c1-15-6-8-22-19(12-15)24-20-13-18(17-7-11-27(14-17)16(2)28)23-21(25-20)26-9-4-3-5-10-26/h6,8,12-13,17H,3-5,7,9-11,14H2,1-2H3,(H,22,23,24,25).